The van der Waals surface area contributed by atoms with Crippen molar-refractivity contribution >= 4 is 55.0 Å². The molecule has 1 aliphatic carbocycles. The van der Waals surface area contributed by atoms with Gasteiger partial charge in [-0.25, -0.2) is 15.0 Å². The zero-order valence-electron chi connectivity index (χ0n) is 33.6. The Bertz CT molecular complexity index is 3560. The van der Waals surface area contributed by atoms with Crippen LogP contribution < -0.4 is 0 Å². The molecule has 8 aromatic carbocycles. The van der Waals surface area contributed by atoms with Crippen LogP contribution in [0.15, 0.2) is 209 Å². The summed E-state index contributed by atoms with van der Waals surface area (Å²) in [6.07, 6.45) is 6.12. The highest BCUT2D eigenvalue weighted by molar-refractivity contribution is 6.16. The average molecular weight is 796 g/mol. The van der Waals surface area contributed by atoms with E-state index in [9.17, 15) is 0 Å². The second-order valence-corrected chi connectivity index (χ2v) is 15.9. The zero-order chi connectivity index (χ0) is 41.0. The zero-order valence-corrected chi connectivity index (χ0v) is 33.6. The van der Waals surface area contributed by atoms with E-state index in [-0.39, 0.29) is 0 Å². The molecule has 3 aromatic heterocycles. The van der Waals surface area contributed by atoms with Gasteiger partial charge in [-0.05, 0) is 105 Å². The topological polar surface area (TPSA) is 65.0 Å². The molecule has 62 heavy (non-hydrogen) atoms. The van der Waals surface area contributed by atoms with Crippen LogP contribution in [0.5, 0.6) is 0 Å². The Hall–Kier alpha value is -8.15. The first-order valence-electron chi connectivity index (χ1n) is 21.0. The van der Waals surface area contributed by atoms with Gasteiger partial charge in [-0.3, -0.25) is 0 Å². The molecule has 0 saturated heterocycles. The normalized spacial score (nSPS) is 12.9. The van der Waals surface area contributed by atoms with Gasteiger partial charge in [0.2, 0.25) is 0 Å². The summed E-state index contributed by atoms with van der Waals surface area (Å²) in [5.41, 5.74) is 15.6. The summed E-state index contributed by atoms with van der Waals surface area (Å²) >= 11 is 0. The second-order valence-electron chi connectivity index (χ2n) is 15.9. The molecule has 0 aliphatic heterocycles. The van der Waals surface area contributed by atoms with E-state index < -0.39 is 0 Å². The first-order valence-corrected chi connectivity index (χ1v) is 21.0. The van der Waals surface area contributed by atoms with Crippen molar-refractivity contribution in [3.05, 3.63) is 212 Å². The number of aromatic nitrogens is 3. The van der Waals surface area contributed by atoms with Crippen LogP contribution in [0.1, 0.15) is 24.2 Å². The second kappa shape index (κ2) is 14.8. The molecular formula is C57H37N3O2. The van der Waals surface area contributed by atoms with Gasteiger partial charge in [0.15, 0.2) is 17.5 Å². The number of benzene rings is 8. The van der Waals surface area contributed by atoms with E-state index in [1.54, 1.807) is 0 Å². The molecule has 0 amide bonds. The van der Waals surface area contributed by atoms with Gasteiger partial charge < -0.3 is 8.83 Å². The molecule has 5 nitrogen and oxygen atoms in total. The summed E-state index contributed by atoms with van der Waals surface area (Å²) in [5.74, 6) is 1.94. The number of hydrogen-bond acceptors (Lipinski definition) is 5. The lowest BCUT2D eigenvalue weighted by atomic mass is 9.93. The smallest absolute Gasteiger partial charge is 0.164 e. The van der Waals surface area contributed by atoms with Crippen LogP contribution in [-0.2, 0) is 0 Å². The number of allylic oxidation sites excluding steroid dienone is 4. The molecule has 0 N–H and O–H groups in total. The summed E-state index contributed by atoms with van der Waals surface area (Å²) in [6.45, 7) is 0. The van der Waals surface area contributed by atoms with Crippen molar-refractivity contribution in [2.45, 2.75) is 12.8 Å². The average Bonchev–Trinajstić information content (AvgIpc) is 3.93. The van der Waals surface area contributed by atoms with Gasteiger partial charge in [-0.2, -0.15) is 0 Å². The fourth-order valence-corrected chi connectivity index (χ4v) is 9.01. The maximum absolute atomic E-state index is 6.56. The predicted molar refractivity (Wildman–Crippen MR) is 253 cm³/mol. The van der Waals surface area contributed by atoms with Crippen LogP contribution in [0.3, 0.4) is 0 Å². The fraction of sp³-hybridized carbons (Fsp3) is 0.0351. The van der Waals surface area contributed by atoms with E-state index in [0.717, 1.165) is 95.7 Å². The summed E-state index contributed by atoms with van der Waals surface area (Å²) in [6, 6.07) is 65.4. The number of hydrogen-bond donors (Lipinski definition) is 0. The lowest BCUT2D eigenvalue weighted by Gasteiger charge is -2.16. The minimum atomic E-state index is 0.609. The van der Waals surface area contributed by atoms with E-state index in [0.29, 0.717) is 17.5 Å². The van der Waals surface area contributed by atoms with E-state index in [1.807, 2.05) is 30.3 Å². The van der Waals surface area contributed by atoms with Crippen molar-refractivity contribution in [2.24, 2.45) is 0 Å². The van der Waals surface area contributed by atoms with Crippen molar-refractivity contribution in [1.29, 1.82) is 0 Å². The molecular weight excluding hydrogens is 759 g/mol. The summed E-state index contributed by atoms with van der Waals surface area (Å²) in [4.78, 5) is 15.4. The molecule has 0 atom stereocenters. The lowest BCUT2D eigenvalue weighted by Crippen LogP contribution is -2.04. The highest BCUT2D eigenvalue weighted by Gasteiger charge is 2.21. The monoisotopic (exact) mass is 795 g/mol. The number of nitrogens with zero attached hydrogens (tertiary/aromatic N) is 3. The predicted octanol–water partition coefficient (Wildman–Crippen LogP) is 15.3. The van der Waals surface area contributed by atoms with Gasteiger partial charge in [0.05, 0.1) is 0 Å². The Morgan fingerprint density at radius 2 is 0.790 bits per heavy atom. The number of rotatable bonds is 7. The Labute approximate surface area is 358 Å². The van der Waals surface area contributed by atoms with Gasteiger partial charge in [-0.15, -0.1) is 0 Å². The Balaban J connectivity index is 0.992. The van der Waals surface area contributed by atoms with Crippen molar-refractivity contribution < 1.29 is 8.83 Å². The highest BCUT2D eigenvalue weighted by atomic mass is 16.3. The first kappa shape index (κ1) is 35.8. The van der Waals surface area contributed by atoms with Crippen molar-refractivity contribution in [1.82, 2.24) is 15.0 Å². The van der Waals surface area contributed by atoms with Crippen LogP contribution in [0.25, 0.3) is 111 Å². The van der Waals surface area contributed by atoms with Crippen molar-refractivity contribution in [3.63, 3.8) is 0 Å². The third-order valence-electron chi connectivity index (χ3n) is 12.1. The van der Waals surface area contributed by atoms with E-state index in [2.05, 4.69) is 170 Å². The molecule has 0 unspecified atom stereocenters. The molecule has 0 radical (unpaired) electrons. The molecule has 0 saturated carbocycles. The summed E-state index contributed by atoms with van der Waals surface area (Å²) in [7, 11) is 0. The third kappa shape index (κ3) is 6.30. The molecule has 5 heteroatoms. The Morgan fingerprint density at radius 1 is 0.306 bits per heavy atom. The summed E-state index contributed by atoms with van der Waals surface area (Å²) in [5, 5.41) is 4.11. The van der Waals surface area contributed by atoms with Gasteiger partial charge in [0, 0.05) is 32.7 Å². The maximum atomic E-state index is 6.56. The standard InChI is InChI=1S/C57H37N3O2/c1-4-13-36(14-5-1)38-25-27-40(28-26-38)56-58-55(39-17-8-3-9-18-39)59-57(60-56)46-22-12-24-52-54(46)48-35-44(30-32-50(48)62-52)45-21-11-23-51-53(45)47-34-43(29-31-49(47)61-51)42-20-10-19-41(33-42)37-15-6-2-7-16-37/h1-25,27,29-35H,26,28H2. The fourth-order valence-electron chi connectivity index (χ4n) is 9.01. The van der Waals surface area contributed by atoms with Crippen LogP contribution in [0.4, 0.5) is 0 Å². The molecule has 11 aromatic rings. The van der Waals surface area contributed by atoms with Crippen LogP contribution in [0.2, 0.25) is 0 Å². The Morgan fingerprint density at radius 3 is 1.47 bits per heavy atom. The largest absolute Gasteiger partial charge is 0.456 e. The molecule has 292 valence electrons. The minimum Gasteiger partial charge on any atom is -0.456 e. The maximum Gasteiger partial charge on any atom is 0.164 e. The molecule has 0 bridgehead atoms. The van der Waals surface area contributed by atoms with Gasteiger partial charge in [0.1, 0.15) is 22.3 Å². The number of fused-ring (bicyclic) bond motifs is 6. The van der Waals surface area contributed by atoms with Gasteiger partial charge >= 0.3 is 0 Å². The van der Waals surface area contributed by atoms with Gasteiger partial charge in [-0.1, -0.05) is 158 Å². The lowest BCUT2D eigenvalue weighted by molar-refractivity contribution is 0.669. The molecule has 0 spiro atoms. The van der Waals surface area contributed by atoms with Crippen molar-refractivity contribution in [3.8, 4) is 56.2 Å². The molecule has 0 fully saturated rings. The van der Waals surface area contributed by atoms with E-state index >= 15 is 0 Å². The minimum absolute atomic E-state index is 0.609. The van der Waals surface area contributed by atoms with E-state index in [1.165, 1.54) is 22.3 Å². The van der Waals surface area contributed by atoms with Crippen LogP contribution >= 0.6 is 0 Å². The third-order valence-corrected chi connectivity index (χ3v) is 12.1. The van der Waals surface area contributed by atoms with Crippen LogP contribution in [0, 0.1) is 0 Å². The summed E-state index contributed by atoms with van der Waals surface area (Å²) < 4.78 is 13.1. The van der Waals surface area contributed by atoms with Crippen LogP contribution in [-0.4, -0.2) is 15.0 Å². The highest BCUT2D eigenvalue weighted by Crippen LogP contribution is 2.43. The Kier molecular flexibility index (Phi) is 8.56. The quantitative estimate of drug-likeness (QED) is 0.161. The SMILES string of the molecule is C1=C(c2ccccc2)CCC(c2nc(-c3ccccc3)nc(-c3cccc4oc5ccc(-c6cccc7oc8ccc(-c9cccc(-c%10ccccc%10)c9)cc8c67)cc5c34)n2)=C1. The first-order chi connectivity index (χ1) is 30.7. The molecule has 12 rings (SSSR count). The molecule has 3 heterocycles. The van der Waals surface area contributed by atoms with Gasteiger partial charge in [0.25, 0.3) is 0 Å². The number of furan rings is 2. The van der Waals surface area contributed by atoms with Crippen molar-refractivity contribution in [2.75, 3.05) is 0 Å². The molecule has 1 aliphatic rings. The van der Waals surface area contributed by atoms with E-state index in [4.69, 9.17) is 23.8 Å².